The predicted molar refractivity (Wildman–Crippen MR) is 247 cm³/mol. The number of benzene rings is 10. The molecule has 0 bridgehead atoms. The second-order valence-corrected chi connectivity index (χ2v) is 15.0. The Hall–Kier alpha value is -7.68. The van der Waals surface area contributed by atoms with E-state index in [-0.39, 0.29) is 0 Å². The molecule has 0 amide bonds. The molecule has 0 unspecified atom stereocenters. The summed E-state index contributed by atoms with van der Waals surface area (Å²) >= 11 is 0. The summed E-state index contributed by atoms with van der Waals surface area (Å²) in [5.41, 5.74) is 14.0. The van der Waals surface area contributed by atoms with Gasteiger partial charge in [-0.15, -0.1) is 0 Å². The van der Waals surface area contributed by atoms with Crippen molar-refractivity contribution in [1.29, 1.82) is 0 Å². The smallest absolute Gasteiger partial charge is 0.0561 e. The van der Waals surface area contributed by atoms with Crippen molar-refractivity contribution in [3.8, 4) is 39.1 Å². The lowest BCUT2D eigenvalue weighted by molar-refractivity contribution is 1.18. The van der Waals surface area contributed by atoms with Gasteiger partial charge in [-0.2, -0.15) is 0 Å². The summed E-state index contributed by atoms with van der Waals surface area (Å²) in [6.45, 7) is 0. The first kappa shape index (κ1) is 33.6. The van der Waals surface area contributed by atoms with Crippen molar-refractivity contribution < 1.29 is 0 Å². The minimum absolute atomic E-state index is 1.10. The Morgan fingerprint density at radius 3 is 1.50 bits per heavy atom. The molecule has 0 fully saturated rings. The molecule has 1 aromatic heterocycles. The highest BCUT2D eigenvalue weighted by Crippen LogP contribution is 2.42. The zero-order chi connectivity index (χ0) is 38.4. The van der Waals surface area contributed by atoms with Crippen molar-refractivity contribution in [3.05, 3.63) is 231 Å². The second-order valence-electron chi connectivity index (χ2n) is 15.0. The summed E-state index contributed by atoms with van der Waals surface area (Å²) in [7, 11) is 0. The number of hydrogen-bond donors (Lipinski definition) is 0. The molecule has 2 nitrogen and oxygen atoms in total. The van der Waals surface area contributed by atoms with Gasteiger partial charge in [0.2, 0.25) is 0 Å². The molecule has 0 spiro atoms. The van der Waals surface area contributed by atoms with Gasteiger partial charge in [-0.1, -0.05) is 164 Å². The average Bonchev–Trinajstić information content (AvgIpc) is 3.63. The summed E-state index contributed by atoms with van der Waals surface area (Å²) in [6, 6.07) is 83.8. The molecular formula is C56H38N2. The lowest BCUT2D eigenvalue weighted by Crippen LogP contribution is -2.10. The zero-order valence-corrected chi connectivity index (χ0v) is 31.8. The summed E-state index contributed by atoms with van der Waals surface area (Å²) in [4.78, 5) is 2.36. The Bertz CT molecular complexity index is 3270. The summed E-state index contributed by atoms with van der Waals surface area (Å²) in [5.74, 6) is 0. The topological polar surface area (TPSA) is 8.17 Å². The molecule has 0 saturated heterocycles. The van der Waals surface area contributed by atoms with Gasteiger partial charge in [-0.25, -0.2) is 0 Å². The van der Waals surface area contributed by atoms with Gasteiger partial charge in [0.1, 0.15) is 0 Å². The van der Waals surface area contributed by atoms with Crippen LogP contribution in [0.1, 0.15) is 0 Å². The number of anilines is 3. The molecule has 11 rings (SSSR count). The molecule has 1 heterocycles. The van der Waals surface area contributed by atoms with E-state index in [0.717, 1.165) is 28.3 Å². The first-order valence-electron chi connectivity index (χ1n) is 19.9. The van der Waals surface area contributed by atoms with Crippen LogP contribution in [0, 0.1) is 0 Å². The maximum atomic E-state index is 2.45. The largest absolute Gasteiger partial charge is 0.310 e. The fourth-order valence-corrected chi connectivity index (χ4v) is 8.71. The lowest BCUT2D eigenvalue weighted by atomic mass is 9.91. The Labute approximate surface area is 338 Å². The van der Waals surface area contributed by atoms with Crippen LogP contribution >= 0.6 is 0 Å². The van der Waals surface area contributed by atoms with E-state index in [1.165, 1.54) is 71.2 Å². The van der Waals surface area contributed by atoms with Crippen LogP contribution in [0.2, 0.25) is 0 Å². The average molecular weight is 739 g/mol. The monoisotopic (exact) mass is 738 g/mol. The Morgan fingerprint density at radius 1 is 0.276 bits per heavy atom. The van der Waals surface area contributed by atoms with Crippen LogP contribution in [0.15, 0.2) is 231 Å². The van der Waals surface area contributed by atoms with Gasteiger partial charge in [0, 0.05) is 33.5 Å². The molecule has 58 heavy (non-hydrogen) atoms. The van der Waals surface area contributed by atoms with Gasteiger partial charge in [0.25, 0.3) is 0 Å². The molecule has 0 radical (unpaired) electrons. The van der Waals surface area contributed by atoms with Crippen LogP contribution in [0.3, 0.4) is 0 Å². The lowest BCUT2D eigenvalue weighted by Gasteiger charge is -2.26. The molecule has 0 saturated carbocycles. The Morgan fingerprint density at radius 2 is 0.793 bits per heavy atom. The van der Waals surface area contributed by atoms with Crippen LogP contribution in [-0.4, -0.2) is 4.57 Å². The van der Waals surface area contributed by atoms with Crippen LogP contribution in [0.4, 0.5) is 17.1 Å². The van der Waals surface area contributed by atoms with Gasteiger partial charge < -0.3 is 9.47 Å². The molecular weight excluding hydrogens is 701 g/mol. The normalized spacial score (nSPS) is 11.4. The third kappa shape index (κ3) is 5.91. The van der Waals surface area contributed by atoms with E-state index in [4.69, 9.17) is 0 Å². The third-order valence-electron chi connectivity index (χ3n) is 11.5. The van der Waals surface area contributed by atoms with Gasteiger partial charge in [-0.3, -0.25) is 0 Å². The van der Waals surface area contributed by atoms with E-state index >= 15 is 0 Å². The van der Waals surface area contributed by atoms with Crippen molar-refractivity contribution in [2.75, 3.05) is 4.90 Å². The van der Waals surface area contributed by atoms with E-state index in [9.17, 15) is 0 Å². The number of fused-ring (bicyclic) bond motifs is 5. The van der Waals surface area contributed by atoms with Gasteiger partial charge >= 0.3 is 0 Å². The molecule has 0 aliphatic rings. The maximum absolute atomic E-state index is 2.45. The van der Waals surface area contributed by atoms with E-state index in [0.29, 0.717) is 0 Å². The minimum Gasteiger partial charge on any atom is -0.310 e. The zero-order valence-electron chi connectivity index (χ0n) is 31.8. The fraction of sp³-hybridized carbons (Fsp3) is 0. The minimum atomic E-state index is 1.10. The third-order valence-corrected chi connectivity index (χ3v) is 11.5. The number of hydrogen-bond acceptors (Lipinski definition) is 1. The Kier molecular flexibility index (Phi) is 8.19. The van der Waals surface area contributed by atoms with Crippen molar-refractivity contribution in [1.82, 2.24) is 4.57 Å². The molecule has 11 aromatic rings. The van der Waals surface area contributed by atoms with E-state index in [2.05, 4.69) is 240 Å². The van der Waals surface area contributed by atoms with Gasteiger partial charge in [0.05, 0.1) is 11.0 Å². The van der Waals surface area contributed by atoms with E-state index in [1.807, 2.05) is 0 Å². The molecule has 272 valence electrons. The van der Waals surface area contributed by atoms with Crippen LogP contribution in [-0.2, 0) is 0 Å². The second kappa shape index (κ2) is 14.1. The first-order chi connectivity index (χ1) is 28.7. The standard InChI is InChI=1S/C56H38N2/c1-3-13-39(14-4-1)42-27-29-48(30-28-42)57(47-19-5-2-6-20-47)50-32-34-53-52-21-11-12-22-55(52)58(56(53)38-50)49-31-33-51(45-25-23-40-15-7-9-17-43(40)35-45)54(37-49)46-26-24-41-16-8-10-18-44(41)36-46/h1-38H. The van der Waals surface area contributed by atoms with E-state index in [1.54, 1.807) is 0 Å². The number of nitrogens with zero attached hydrogens (tertiary/aromatic N) is 2. The maximum Gasteiger partial charge on any atom is 0.0561 e. The molecule has 10 aromatic carbocycles. The van der Waals surface area contributed by atoms with Gasteiger partial charge in [-0.05, 0) is 122 Å². The van der Waals surface area contributed by atoms with Crippen molar-refractivity contribution in [2.24, 2.45) is 0 Å². The van der Waals surface area contributed by atoms with Crippen molar-refractivity contribution in [2.45, 2.75) is 0 Å². The molecule has 0 aliphatic carbocycles. The Balaban J connectivity index is 1.11. The van der Waals surface area contributed by atoms with E-state index < -0.39 is 0 Å². The highest BCUT2D eigenvalue weighted by molar-refractivity contribution is 6.10. The van der Waals surface area contributed by atoms with Crippen molar-refractivity contribution in [3.63, 3.8) is 0 Å². The summed E-state index contributed by atoms with van der Waals surface area (Å²) in [6.07, 6.45) is 0. The van der Waals surface area contributed by atoms with Crippen molar-refractivity contribution >= 4 is 60.4 Å². The molecule has 2 heteroatoms. The predicted octanol–water partition coefficient (Wildman–Crippen LogP) is 15.6. The molecule has 0 atom stereocenters. The number of para-hydroxylation sites is 2. The summed E-state index contributed by atoms with van der Waals surface area (Å²) < 4.78 is 2.45. The van der Waals surface area contributed by atoms with Crippen LogP contribution < -0.4 is 4.90 Å². The summed E-state index contributed by atoms with van der Waals surface area (Å²) in [5, 5.41) is 7.40. The van der Waals surface area contributed by atoms with Gasteiger partial charge in [0.15, 0.2) is 0 Å². The number of aromatic nitrogens is 1. The molecule has 0 N–H and O–H groups in total. The fourth-order valence-electron chi connectivity index (χ4n) is 8.71. The highest BCUT2D eigenvalue weighted by Gasteiger charge is 2.19. The SMILES string of the molecule is c1ccc(-c2ccc(N(c3ccccc3)c3ccc4c5ccccc5n(-c5ccc(-c6ccc7ccccc7c6)c(-c6ccc7ccccc7c6)c5)c4c3)cc2)cc1. The first-order valence-corrected chi connectivity index (χ1v) is 19.9. The highest BCUT2D eigenvalue weighted by atomic mass is 15.1. The van der Waals surface area contributed by atoms with Crippen LogP contribution in [0.5, 0.6) is 0 Å². The van der Waals surface area contributed by atoms with Crippen LogP contribution in [0.25, 0.3) is 82.4 Å². The quantitative estimate of drug-likeness (QED) is 0.158. The molecule has 0 aliphatic heterocycles. The number of rotatable bonds is 7.